The largest absolute Gasteiger partial charge is 0.411 e. The van der Waals surface area contributed by atoms with E-state index in [1.807, 2.05) is 13.8 Å². The summed E-state index contributed by atoms with van der Waals surface area (Å²) in [6.07, 6.45) is 13.9. The van der Waals surface area contributed by atoms with Crippen molar-refractivity contribution in [1.82, 2.24) is 0 Å². The van der Waals surface area contributed by atoms with Crippen molar-refractivity contribution in [2.45, 2.75) is 207 Å². The molecule has 4 unspecified atom stereocenters. The van der Waals surface area contributed by atoms with Crippen LogP contribution < -0.4 is 0 Å². The predicted molar refractivity (Wildman–Crippen MR) is 212 cm³/mol. The summed E-state index contributed by atoms with van der Waals surface area (Å²) in [5, 5.41) is 10.4. The molecule has 3 aliphatic carbocycles. The number of aliphatic hydroxyl groups is 1. The quantitative estimate of drug-likeness (QED) is 0.203. The smallest absolute Gasteiger partial charge is 0.192 e. The van der Waals surface area contributed by atoms with Crippen LogP contribution in [0.2, 0.25) is 55.9 Å². The molecule has 3 rings (SSSR count). The zero-order chi connectivity index (χ0) is 36.7. The van der Waals surface area contributed by atoms with Gasteiger partial charge in [0.2, 0.25) is 0 Å². The lowest BCUT2D eigenvalue weighted by molar-refractivity contribution is -0.0502. The molecule has 48 heavy (non-hydrogen) atoms. The molecule has 0 radical (unpaired) electrons. The van der Waals surface area contributed by atoms with Crippen LogP contribution in [-0.4, -0.2) is 66.7 Å². The molecule has 0 aromatic heterocycles. The van der Waals surface area contributed by atoms with Crippen LogP contribution in [0.3, 0.4) is 0 Å². The summed E-state index contributed by atoms with van der Waals surface area (Å²) in [4.78, 5) is 0. The molecule has 7 atom stereocenters. The molecule has 280 valence electrons. The Balaban J connectivity index is 1.95. The van der Waals surface area contributed by atoms with Gasteiger partial charge in [0.1, 0.15) is 0 Å². The highest BCUT2D eigenvalue weighted by molar-refractivity contribution is 6.74. The summed E-state index contributed by atoms with van der Waals surface area (Å²) in [5.41, 5.74) is 2.67. The van der Waals surface area contributed by atoms with Crippen LogP contribution in [0.1, 0.15) is 121 Å². The first-order valence-electron chi connectivity index (χ1n) is 19.3. The lowest BCUT2D eigenvalue weighted by atomic mass is 9.62. The van der Waals surface area contributed by atoms with Crippen molar-refractivity contribution in [2.75, 3.05) is 6.61 Å². The Morgan fingerprint density at radius 1 is 0.812 bits per heavy atom. The molecule has 0 bridgehead atoms. The van der Waals surface area contributed by atoms with Gasteiger partial charge in [-0.1, -0.05) is 71.8 Å². The maximum Gasteiger partial charge on any atom is 0.192 e. The van der Waals surface area contributed by atoms with Crippen molar-refractivity contribution in [3.8, 4) is 0 Å². The van der Waals surface area contributed by atoms with Crippen LogP contribution in [-0.2, 0) is 18.0 Å². The summed E-state index contributed by atoms with van der Waals surface area (Å²) in [6, 6.07) is 0. The summed E-state index contributed by atoms with van der Waals surface area (Å²) < 4.78 is 28.1. The first-order valence-corrected chi connectivity index (χ1v) is 28.5. The number of hydrogen-bond acceptors (Lipinski definition) is 5. The SMILES string of the molecule is C[C@@H](OCCC(C)(C)O)C1CCC2/C(=C/C=C3C[C@H](O[Si](C)(C)C(C)(C)C)C(O[Si](C)(C)C)[C@H](O[Si](C)(C)C(C)(C)C)C3)CCCC21C. The minimum Gasteiger partial charge on any atom is -0.411 e. The molecule has 5 nitrogen and oxygen atoms in total. The van der Waals surface area contributed by atoms with Gasteiger partial charge in [0.15, 0.2) is 25.0 Å². The summed E-state index contributed by atoms with van der Waals surface area (Å²) in [7, 11) is -6.00. The maximum absolute atomic E-state index is 10.2. The highest BCUT2D eigenvalue weighted by atomic mass is 28.4. The first-order chi connectivity index (χ1) is 21.6. The highest BCUT2D eigenvalue weighted by Gasteiger charge is 2.52. The summed E-state index contributed by atoms with van der Waals surface area (Å²) >= 11 is 0. The van der Waals surface area contributed by atoms with E-state index >= 15 is 0 Å². The third-order valence-corrected chi connectivity index (χ3v) is 22.9. The Bertz CT molecular complexity index is 1090. The predicted octanol–water partition coefficient (Wildman–Crippen LogP) is 11.4. The van der Waals surface area contributed by atoms with E-state index < -0.39 is 30.6 Å². The van der Waals surface area contributed by atoms with Crippen LogP contribution in [0.4, 0.5) is 0 Å². The molecule has 0 aromatic rings. The minimum absolute atomic E-state index is 0.000152. The van der Waals surface area contributed by atoms with Crippen molar-refractivity contribution in [2.24, 2.45) is 17.3 Å². The molecule has 0 saturated heterocycles. The molecule has 0 aromatic carbocycles. The molecule has 0 amide bonds. The normalized spacial score (nSPS) is 32.2. The Morgan fingerprint density at radius 3 is 1.79 bits per heavy atom. The van der Waals surface area contributed by atoms with Gasteiger partial charge in [0.25, 0.3) is 0 Å². The average Bonchev–Trinajstić information content (AvgIpc) is 3.23. The molecular formula is C40H78O5Si3. The third-order valence-electron chi connectivity index (χ3n) is 12.9. The van der Waals surface area contributed by atoms with E-state index in [-0.39, 0.29) is 39.9 Å². The summed E-state index contributed by atoms with van der Waals surface area (Å²) in [6.45, 7) is 39.7. The van der Waals surface area contributed by atoms with Crippen LogP contribution in [0.25, 0.3) is 0 Å². The van der Waals surface area contributed by atoms with Crippen molar-refractivity contribution in [3.63, 3.8) is 0 Å². The zero-order valence-electron chi connectivity index (χ0n) is 34.6. The number of hydrogen-bond donors (Lipinski definition) is 1. The van der Waals surface area contributed by atoms with Crippen molar-refractivity contribution >= 4 is 25.0 Å². The van der Waals surface area contributed by atoms with Gasteiger partial charge in [-0.05, 0) is 145 Å². The van der Waals surface area contributed by atoms with E-state index in [1.165, 1.54) is 37.7 Å². The second-order valence-electron chi connectivity index (χ2n) is 20.7. The lowest BCUT2D eigenvalue weighted by Gasteiger charge is -2.49. The van der Waals surface area contributed by atoms with Crippen LogP contribution in [0, 0.1) is 17.3 Å². The lowest BCUT2D eigenvalue weighted by Crippen LogP contribution is -2.58. The van der Waals surface area contributed by atoms with E-state index in [4.69, 9.17) is 18.0 Å². The van der Waals surface area contributed by atoms with Gasteiger partial charge in [-0.3, -0.25) is 0 Å². The molecule has 3 saturated carbocycles. The van der Waals surface area contributed by atoms with Gasteiger partial charge < -0.3 is 23.1 Å². The fourth-order valence-electron chi connectivity index (χ4n) is 7.98. The van der Waals surface area contributed by atoms with Gasteiger partial charge in [-0.15, -0.1) is 0 Å². The van der Waals surface area contributed by atoms with Crippen molar-refractivity contribution in [1.29, 1.82) is 0 Å². The molecule has 0 aliphatic heterocycles. The standard InChI is InChI=1S/C40H78O5Si3/c1-29(42-26-25-39(8,9)41)32-22-23-33-31(19-18-24-40(32,33)10)21-20-30-27-34(43-47(14,15)37(2,3)4)36(45-46(11,12)13)35(28-30)44-48(16,17)38(5,6)7/h20-21,29,32-36,41H,18-19,22-28H2,1-17H3/b30-20?,31-21+/t29-,32?,33?,34-,35+,36?,40?/m1/s1. The second kappa shape index (κ2) is 15.1. The van der Waals surface area contributed by atoms with Crippen molar-refractivity contribution in [3.05, 3.63) is 23.3 Å². The van der Waals surface area contributed by atoms with E-state index in [0.717, 1.165) is 12.8 Å². The van der Waals surface area contributed by atoms with E-state index in [1.54, 1.807) is 5.57 Å². The summed E-state index contributed by atoms with van der Waals surface area (Å²) in [5.74, 6) is 1.16. The molecule has 0 heterocycles. The Hall–Kier alpha value is -0.0694. The fourth-order valence-corrected chi connectivity index (χ4v) is 11.8. The molecule has 8 heteroatoms. The Kier molecular flexibility index (Phi) is 13.3. The maximum atomic E-state index is 10.2. The van der Waals surface area contributed by atoms with E-state index in [0.29, 0.717) is 24.9 Å². The topological polar surface area (TPSA) is 57.2 Å². The molecule has 3 fully saturated rings. The van der Waals surface area contributed by atoms with Gasteiger partial charge in [-0.25, -0.2) is 0 Å². The highest BCUT2D eigenvalue weighted by Crippen LogP contribution is 2.58. The number of rotatable bonds is 12. The second-order valence-corrected chi connectivity index (χ2v) is 34.7. The Labute approximate surface area is 300 Å². The minimum atomic E-state index is -2.06. The van der Waals surface area contributed by atoms with Crippen LogP contribution >= 0.6 is 0 Å². The molecular weight excluding hydrogens is 645 g/mol. The number of fused-ring (bicyclic) bond motifs is 1. The number of allylic oxidation sites excluding steroid dienone is 3. The fraction of sp³-hybridized carbons (Fsp3) is 0.900. The first kappa shape index (κ1) is 42.3. The van der Waals surface area contributed by atoms with Gasteiger partial charge >= 0.3 is 0 Å². The molecule has 0 spiro atoms. The van der Waals surface area contributed by atoms with E-state index in [9.17, 15) is 5.11 Å². The molecule has 1 N–H and O–H groups in total. The average molecular weight is 723 g/mol. The van der Waals surface area contributed by atoms with Crippen LogP contribution in [0.5, 0.6) is 0 Å². The zero-order valence-corrected chi connectivity index (χ0v) is 37.6. The molecule has 3 aliphatic rings. The van der Waals surface area contributed by atoms with E-state index in [2.05, 4.69) is 113 Å². The van der Waals surface area contributed by atoms with Crippen molar-refractivity contribution < 1.29 is 23.1 Å². The number of ether oxygens (including phenoxy) is 1. The monoisotopic (exact) mass is 723 g/mol. The van der Waals surface area contributed by atoms with Gasteiger partial charge in [0, 0.05) is 6.61 Å². The third kappa shape index (κ3) is 10.7. The Morgan fingerprint density at radius 2 is 1.33 bits per heavy atom. The van der Waals surface area contributed by atoms with Gasteiger partial charge in [-0.2, -0.15) is 0 Å². The van der Waals surface area contributed by atoms with Gasteiger partial charge in [0.05, 0.1) is 30.0 Å². The van der Waals surface area contributed by atoms with Crippen LogP contribution in [0.15, 0.2) is 23.3 Å².